The first kappa shape index (κ1) is 15.7. The fourth-order valence-electron chi connectivity index (χ4n) is 3.32. The summed E-state index contributed by atoms with van der Waals surface area (Å²) in [6.45, 7) is 5.59. The van der Waals surface area contributed by atoms with Crippen LogP contribution >= 0.6 is 0 Å². The number of fused-ring (bicyclic) bond motifs is 1. The number of urea groups is 1. The van der Waals surface area contributed by atoms with Crippen molar-refractivity contribution in [3.05, 3.63) is 30.0 Å². The number of benzene rings is 1. The number of hydrogen-bond acceptors (Lipinski definition) is 2. The van der Waals surface area contributed by atoms with Crippen molar-refractivity contribution in [2.75, 3.05) is 20.2 Å². The zero-order chi connectivity index (χ0) is 16.4. The fourth-order valence-corrected chi connectivity index (χ4v) is 3.32. The van der Waals surface area contributed by atoms with E-state index in [2.05, 4.69) is 28.6 Å². The van der Waals surface area contributed by atoms with Gasteiger partial charge in [-0.05, 0) is 56.4 Å². The topological polar surface area (TPSA) is 57.4 Å². The van der Waals surface area contributed by atoms with E-state index in [1.165, 1.54) is 10.9 Å². The minimum Gasteiger partial charge on any atom is -0.497 e. The van der Waals surface area contributed by atoms with Crippen molar-refractivity contribution in [2.45, 2.75) is 38.6 Å². The molecule has 0 bridgehead atoms. The number of carbonyl (C=O) groups is 1. The number of aromatic amines is 1. The molecule has 1 saturated heterocycles. The number of nitrogens with one attached hydrogen (secondary N) is 2. The van der Waals surface area contributed by atoms with Gasteiger partial charge in [0, 0.05) is 36.2 Å². The highest BCUT2D eigenvalue weighted by atomic mass is 16.5. The molecule has 2 N–H and O–H groups in total. The summed E-state index contributed by atoms with van der Waals surface area (Å²) >= 11 is 0. The molecule has 0 atom stereocenters. The number of likely N-dealkylation sites (tertiary alicyclic amines) is 1. The SMILES string of the molecule is COc1ccc2[nH]cc(C3CCN(C(=O)NC(C)C)CC3)c2c1. The Morgan fingerprint density at radius 2 is 2.09 bits per heavy atom. The summed E-state index contributed by atoms with van der Waals surface area (Å²) < 4.78 is 5.34. The molecule has 0 unspecified atom stereocenters. The molecule has 1 aliphatic heterocycles. The molecule has 5 heteroatoms. The zero-order valence-corrected chi connectivity index (χ0v) is 14.1. The number of aromatic nitrogens is 1. The van der Waals surface area contributed by atoms with E-state index >= 15 is 0 Å². The van der Waals surface area contributed by atoms with Crippen LogP contribution in [-0.4, -0.2) is 42.2 Å². The number of methoxy groups -OCH3 is 1. The van der Waals surface area contributed by atoms with Crippen LogP contribution in [-0.2, 0) is 0 Å². The van der Waals surface area contributed by atoms with Gasteiger partial charge in [-0.1, -0.05) is 0 Å². The van der Waals surface area contributed by atoms with Gasteiger partial charge in [0.1, 0.15) is 5.75 Å². The van der Waals surface area contributed by atoms with E-state index in [4.69, 9.17) is 4.74 Å². The van der Waals surface area contributed by atoms with E-state index in [1.807, 2.05) is 24.8 Å². The van der Waals surface area contributed by atoms with Crippen LogP contribution in [0.25, 0.3) is 10.9 Å². The Kier molecular flexibility index (Phi) is 4.46. The minimum atomic E-state index is 0.0547. The summed E-state index contributed by atoms with van der Waals surface area (Å²) in [5, 5.41) is 4.20. The van der Waals surface area contributed by atoms with E-state index in [1.54, 1.807) is 7.11 Å². The summed E-state index contributed by atoms with van der Waals surface area (Å²) in [6.07, 6.45) is 4.10. The van der Waals surface area contributed by atoms with E-state index in [0.717, 1.165) is 37.2 Å². The molecule has 0 radical (unpaired) electrons. The second-order valence-electron chi connectivity index (χ2n) is 6.52. The molecule has 0 saturated carbocycles. The van der Waals surface area contributed by atoms with Crippen LogP contribution in [0, 0.1) is 0 Å². The van der Waals surface area contributed by atoms with Crippen molar-refractivity contribution >= 4 is 16.9 Å². The minimum absolute atomic E-state index is 0.0547. The summed E-state index contributed by atoms with van der Waals surface area (Å²) in [4.78, 5) is 17.4. The fraction of sp³-hybridized carbons (Fsp3) is 0.500. The summed E-state index contributed by atoms with van der Waals surface area (Å²) in [6, 6.07) is 6.36. The second-order valence-corrected chi connectivity index (χ2v) is 6.52. The summed E-state index contributed by atoms with van der Waals surface area (Å²) in [7, 11) is 1.69. The van der Waals surface area contributed by atoms with Crippen molar-refractivity contribution in [1.29, 1.82) is 0 Å². The van der Waals surface area contributed by atoms with Gasteiger partial charge in [-0.15, -0.1) is 0 Å². The third-order valence-electron chi connectivity index (χ3n) is 4.56. The number of amides is 2. The lowest BCUT2D eigenvalue weighted by atomic mass is 9.89. The Morgan fingerprint density at radius 1 is 1.35 bits per heavy atom. The van der Waals surface area contributed by atoms with Gasteiger partial charge >= 0.3 is 6.03 Å². The smallest absolute Gasteiger partial charge is 0.317 e. The van der Waals surface area contributed by atoms with Crippen LogP contribution in [0.5, 0.6) is 5.75 Å². The van der Waals surface area contributed by atoms with Gasteiger partial charge in [0.05, 0.1) is 7.11 Å². The number of ether oxygens (including phenoxy) is 1. The molecule has 0 spiro atoms. The molecule has 0 aliphatic carbocycles. The highest BCUT2D eigenvalue weighted by Gasteiger charge is 2.25. The number of piperidine rings is 1. The van der Waals surface area contributed by atoms with Crippen LogP contribution in [0.15, 0.2) is 24.4 Å². The standard InChI is InChI=1S/C18H25N3O2/c1-12(2)20-18(22)21-8-6-13(7-9-21)16-11-19-17-5-4-14(23-3)10-15(16)17/h4-5,10-13,19H,6-9H2,1-3H3,(H,20,22). The lowest BCUT2D eigenvalue weighted by molar-refractivity contribution is 0.179. The summed E-state index contributed by atoms with van der Waals surface area (Å²) in [5.41, 5.74) is 2.48. The maximum Gasteiger partial charge on any atom is 0.317 e. The van der Waals surface area contributed by atoms with E-state index in [-0.39, 0.29) is 12.1 Å². The zero-order valence-electron chi connectivity index (χ0n) is 14.1. The molecule has 2 heterocycles. The lowest BCUT2D eigenvalue weighted by Gasteiger charge is -2.32. The average molecular weight is 315 g/mol. The molecule has 5 nitrogen and oxygen atoms in total. The van der Waals surface area contributed by atoms with Gasteiger partial charge in [-0.3, -0.25) is 0 Å². The number of hydrogen-bond donors (Lipinski definition) is 2. The molecule has 1 aromatic carbocycles. The molecule has 23 heavy (non-hydrogen) atoms. The van der Waals surface area contributed by atoms with Crippen LogP contribution in [0.4, 0.5) is 4.79 Å². The molecule has 124 valence electrons. The van der Waals surface area contributed by atoms with Gasteiger partial charge < -0.3 is 19.9 Å². The van der Waals surface area contributed by atoms with Gasteiger partial charge in [0.25, 0.3) is 0 Å². The van der Waals surface area contributed by atoms with Crippen LogP contribution in [0.1, 0.15) is 38.2 Å². The normalized spacial score (nSPS) is 16.1. The van der Waals surface area contributed by atoms with Gasteiger partial charge in [-0.2, -0.15) is 0 Å². The molecule has 1 aromatic heterocycles. The third kappa shape index (κ3) is 3.28. The number of nitrogens with zero attached hydrogens (tertiary/aromatic N) is 1. The van der Waals surface area contributed by atoms with Crippen molar-refractivity contribution < 1.29 is 9.53 Å². The first-order chi connectivity index (χ1) is 11.1. The van der Waals surface area contributed by atoms with Crippen LogP contribution in [0.3, 0.4) is 0 Å². The third-order valence-corrected chi connectivity index (χ3v) is 4.56. The Balaban J connectivity index is 1.71. The van der Waals surface area contributed by atoms with Crippen LogP contribution < -0.4 is 10.1 Å². The Labute approximate surface area is 137 Å². The van der Waals surface area contributed by atoms with E-state index in [0.29, 0.717) is 5.92 Å². The van der Waals surface area contributed by atoms with Gasteiger partial charge in [-0.25, -0.2) is 4.79 Å². The second kappa shape index (κ2) is 6.52. The Hall–Kier alpha value is -2.17. The maximum atomic E-state index is 12.1. The molecule has 1 aliphatic rings. The monoisotopic (exact) mass is 315 g/mol. The Morgan fingerprint density at radius 3 is 2.74 bits per heavy atom. The van der Waals surface area contributed by atoms with Crippen molar-refractivity contribution in [1.82, 2.24) is 15.2 Å². The summed E-state index contributed by atoms with van der Waals surface area (Å²) in [5.74, 6) is 1.37. The van der Waals surface area contributed by atoms with Crippen molar-refractivity contribution in [3.63, 3.8) is 0 Å². The predicted molar refractivity (Wildman–Crippen MR) is 92.1 cm³/mol. The van der Waals surface area contributed by atoms with Gasteiger partial charge in [0.2, 0.25) is 0 Å². The Bertz CT molecular complexity index is 685. The predicted octanol–water partition coefficient (Wildman–Crippen LogP) is 3.47. The first-order valence-corrected chi connectivity index (χ1v) is 8.29. The number of rotatable bonds is 3. The maximum absolute atomic E-state index is 12.1. The highest BCUT2D eigenvalue weighted by molar-refractivity contribution is 5.85. The lowest BCUT2D eigenvalue weighted by Crippen LogP contribution is -2.46. The first-order valence-electron chi connectivity index (χ1n) is 8.29. The van der Waals surface area contributed by atoms with Gasteiger partial charge in [0.15, 0.2) is 0 Å². The average Bonchev–Trinajstić information content (AvgIpc) is 2.97. The molecule has 2 aromatic rings. The van der Waals surface area contributed by atoms with Crippen molar-refractivity contribution in [3.8, 4) is 5.75 Å². The molecule has 1 fully saturated rings. The van der Waals surface area contributed by atoms with Crippen LogP contribution in [0.2, 0.25) is 0 Å². The quantitative estimate of drug-likeness (QED) is 0.911. The van der Waals surface area contributed by atoms with E-state index in [9.17, 15) is 4.79 Å². The molecular formula is C18H25N3O2. The molecule has 2 amide bonds. The van der Waals surface area contributed by atoms with E-state index < -0.39 is 0 Å². The number of carbonyl (C=O) groups excluding carboxylic acids is 1. The van der Waals surface area contributed by atoms with Crippen molar-refractivity contribution in [2.24, 2.45) is 0 Å². The highest BCUT2D eigenvalue weighted by Crippen LogP contribution is 2.34. The largest absolute Gasteiger partial charge is 0.497 e. The molecular weight excluding hydrogens is 290 g/mol. The number of H-pyrrole nitrogens is 1. The molecule has 3 rings (SSSR count).